The Bertz CT molecular complexity index is 535. The second kappa shape index (κ2) is 6.03. The predicted molar refractivity (Wildman–Crippen MR) is 74.5 cm³/mol. The number of esters is 1. The molecule has 0 aliphatic carbocycles. The molecule has 0 bridgehead atoms. The highest BCUT2D eigenvalue weighted by molar-refractivity contribution is 7.07. The lowest BCUT2D eigenvalue weighted by Gasteiger charge is -2.07. The van der Waals surface area contributed by atoms with Crippen LogP contribution in [0.5, 0.6) is 5.75 Å². The van der Waals surface area contributed by atoms with Gasteiger partial charge in [-0.05, 0) is 59.5 Å². The summed E-state index contributed by atoms with van der Waals surface area (Å²) in [4.78, 5) is 11.7. The quantitative estimate of drug-likeness (QED) is 0.618. The van der Waals surface area contributed by atoms with Gasteiger partial charge in [0.15, 0.2) is 0 Å². The average Bonchev–Trinajstić information content (AvgIpc) is 2.83. The Balaban J connectivity index is 1.91. The molecule has 0 saturated carbocycles. The SMILES string of the molecule is Cc1cc(Cl)ccc1OC(=O)CCc1ccsc1. The van der Waals surface area contributed by atoms with Gasteiger partial charge in [0, 0.05) is 5.02 Å². The number of carbonyl (C=O) groups excluding carboxylic acids is 1. The molecule has 0 spiro atoms. The van der Waals surface area contributed by atoms with Crippen LogP contribution in [0, 0.1) is 6.92 Å². The summed E-state index contributed by atoms with van der Waals surface area (Å²) in [5.74, 6) is 0.362. The highest BCUT2D eigenvalue weighted by Crippen LogP contribution is 2.22. The molecule has 1 heterocycles. The predicted octanol–water partition coefficient (Wildman–Crippen LogP) is 4.25. The lowest BCUT2D eigenvalue weighted by molar-refractivity contribution is -0.134. The number of hydrogen-bond donors (Lipinski definition) is 0. The Labute approximate surface area is 115 Å². The highest BCUT2D eigenvalue weighted by Gasteiger charge is 2.08. The summed E-state index contributed by atoms with van der Waals surface area (Å²) in [7, 11) is 0. The molecule has 18 heavy (non-hydrogen) atoms. The number of thiophene rings is 1. The van der Waals surface area contributed by atoms with Gasteiger partial charge in [-0.15, -0.1) is 0 Å². The lowest BCUT2D eigenvalue weighted by Crippen LogP contribution is -2.09. The van der Waals surface area contributed by atoms with Crippen LogP contribution in [-0.4, -0.2) is 5.97 Å². The molecule has 0 aliphatic rings. The molecule has 1 aromatic heterocycles. The van der Waals surface area contributed by atoms with E-state index in [9.17, 15) is 4.79 Å². The van der Waals surface area contributed by atoms with E-state index in [1.165, 1.54) is 5.56 Å². The highest BCUT2D eigenvalue weighted by atomic mass is 35.5. The summed E-state index contributed by atoms with van der Waals surface area (Å²) in [6.07, 6.45) is 1.10. The number of benzene rings is 1. The van der Waals surface area contributed by atoms with Crippen molar-refractivity contribution in [2.24, 2.45) is 0 Å². The molecule has 0 atom stereocenters. The van der Waals surface area contributed by atoms with E-state index in [4.69, 9.17) is 16.3 Å². The summed E-state index contributed by atoms with van der Waals surface area (Å²) in [5, 5.41) is 4.69. The van der Waals surface area contributed by atoms with Crippen molar-refractivity contribution in [3.63, 3.8) is 0 Å². The molecule has 0 radical (unpaired) electrons. The smallest absolute Gasteiger partial charge is 0.311 e. The molecule has 1 aromatic carbocycles. The van der Waals surface area contributed by atoms with Crippen molar-refractivity contribution < 1.29 is 9.53 Å². The molecular formula is C14H13ClO2S. The average molecular weight is 281 g/mol. The number of ether oxygens (including phenoxy) is 1. The second-order valence-corrected chi connectivity index (χ2v) is 5.23. The van der Waals surface area contributed by atoms with Crippen molar-refractivity contribution in [1.82, 2.24) is 0 Å². The Kier molecular flexibility index (Phi) is 4.39. The van der Waals surface area contributed by atoms with Crippen LogP contribution in [0.3, 0.4) is 0 Å². The van der Waals surface area contributed by atoms with E-state index in [0.29, 0.717) is 17.2 Å². The van der Waals surface area contributed by atoms with Crippen molar-refractivity contribution in [2.75, 3.05) is 0 Å². The Hall–Kier alpha value is -1.32. The molecule has 2 nitrogen and oxygen atoms in total. The van der Waals surface area contributed by atoms with Crippen molar-refractivity contribution in [1.29, 1.82) is 0 Å². The molecule has 2 rings (SSSR count). The van der Waals surface area contributed by atoms with Crippen LogP contribution in [0.4, 0.5) is 0 Å². The first-order chi connectivity index (χ1) is 8.65. The third-order valence-corrected chi connectivity index (χ3v) is 3.53. The van der Waals surface area contributed by atoms with Crippen LogP contribution in [0.2, 0.25) is 5.02 Å². The minimum absolute atomic E-state index is 0.216. The summed E-state index contributed by atoms with van der Waals surface area (Å²) in [6, 6.07) is 7.24. The maximum Gasteiger partial charge on any atom is 0.311 e. The number of hydrogen-bond acceptors (Lipinski definition) is 3. The maximum atomic E-state index is 11.7. The van der Waals surface area contributed by atoms with Gasteiger partial charge in [0.1, 0.15) is 5.75 Å². The first-order valence-corrected chi connectivity index (χ1v) is 6.95. The van der Waals surface area contributed by atoms with Crippen molar-refractivity contribution in [3.8, 4) is 5.75 Å². The Morgan fingerprint density at radius 1 is 1.39 bits per heavy atom. The molecule has 0 aliphatic heterocycles. The maximum absolute atomic E-state index is 11.7. The normalized spacial score (nSPS) is 10.3. The fraction of sp³-hybridized carbons (Fsp3) is 0.214. The lowest BCUT2D eigenvalue weighted by atomic mass is 10.2. The van der Waals surface area contributed by atoms with E-state index >= 15 is 0 Å². The standard InChI is InChI=1S/C14H13ClO2S/c1-10-8-12(15)3-4-13(10)17-14(16)5-2-11-6-7-18-9-11/h3-4,6-9H,2,5H2,1H3. The molecular weight excluding hydrogens is 268 g/mol. The Morgan fingerprint density at radius 3 is 2.89 bits per heavy atom. The third kappa shape index (κ3) is 3.59. The fourth-order valence-corrected chi connectivity index (χ4v) is 2.51. The van der Waals surface area contributed by atoms with E-state index < -0.39 is 0 Å². The number of rotatable bonds is 4. The molecule has 0 N–H and O–H groups in total. The van der Waals surface area contributed by atoms with E-state index in [1.54, 1.807) is 29.5 Å². The van der Waals surface area contributed by atoms with Crippen molar-refractivity contribution in [2.45, 2.75) is 19.8 Å². The van der Waals surface area contributed by atoms with Gasteiger partial charge in [0.2, 0.25) is 0 Å². The van der Waals surface area contributed by atoms with Crippen molar-refractivity contribution in [3.05, 3.63) is 51.2 Å². The van der Waals surface area contributed by atoms with E-state index in [-0.39, 0.29) is 5.97 Å². The topological polar surface area (TPSA) is 26.3 Å². The van der Waals surface area contributed by atoms with Gasteiger partial charge < -0.3 is 4.74 Å². The zero-order chi connectivity index (χ0) is 13.0. The van der Waals surface area contributed by atoms with Crippen LogP contribution in [0.25, 0.3) is 0 Å². The van der Waals surface area contributed by atoms with Crippen LogP contribution in [0.15, 0.2) is 35.0 Å². The minimum atomic E-state index is -0.216. The van der Waals surface area contributed by atoms with Gasteiger partial charge in [-0.25, -0.2) is 0 Å². The monoisotopic (exact) mass is 280 g/mol. The summed E-state index contributed by atoms with van der Waals surface area (Å²) < 4.78 is 5.30. The molecule has 94 valence electrons. The number of halogens is 1. The summed E-state index contributed by atoms with van der Waals surface area (Å²) in [5.41, 5.74) is 2.04. The van der Waals surface area contributed by atoms with Gasteiger partial charge in [-0.1, -0.05) is 11.6 Å². The molecule has 0 unspecified atom stereocenters. The Morgan fingerprint density at radius 2 is 2.22 bits per heavy atom. The van der Waals surface area contributed by atoms with Crippen LogP contribution in [0.1, 0.15) is 17.5 Å². The van der Waals surface area contributed by atoms with Gasteiger partial charge in [-0.2, -0.15) is 11.3 Å². The minimum Gasteiger partial charge on any atom is -0.426 e. The van der Waals surface area contributed by atoms with Gasteiger partial charge >= 0.3 is 5.97 Å². The third-order valence-electron chi connectivity index (χ3n) is 2.56. The van der Waals surface area contributed by atoms with Crippen LogP contribution >= 0.6 is 22.9 Å². The first kappa shape index (κ1) is 13.1. The first-order valence-electron chi connectivity index (χ1n) is 5.63. The zero-order valence-corrected chi connectivity index (χ0v) is 11.6. The van der Waals surface area contributed by atoms with E-state index in [1.807, 2.05) is 23.8 Å². The zero-order valence-electron chi connectivity index (χ0n) is 9.98. The summed E-state index contributed by atoms with van der Waals surface area (Å²) >= 11 is 7.48. The molecule has 0 fully saturated rings. The van der Waals surface area contributed by atoms with Crippen LogP contribution in [-0.2, 0) is 11.2 Å². The number of carbonyl (C=O) groups is 1. The summed E-state index contributed by atoms with van der Waals surface area (Å²) in [6.45, 7) is 1.87. The second-order valence-electron chi connectivity index (χ2n) is 4.02. The fourth-order valence-electron chi connectivity index (χ4n) is 1.58. The molecule has 0 amide bonds. The molecule has 4 heteroatoms. The van der Waals surface area contributed by atoms with E-state index in [0.717, 1.165) is 12.0 Å². The largest absolute Gasteiger partial charge is 0.426 e. The van der Waals surface area contributed by atoms with E-state index in [2.05, 4.69) is 0 Å². The van der Waals surface area contributed by atoms with Gasteiger partial charge in [0.25, 0.3) is 0 Å². The molecule has 0 saturated heterocycles. The van der Waals surface area contributed by atoms with Crippen LogP contribution < -0.4 is 4.74 Å². The van der Waals surface area contributed by atoms with Gasteiger partial charge in [-0.3, -0.25) is 4.79 Å². The van der Waals surface area contributed by atoms with Crippen molar-refractivity contribution >= 4 is 28.9 Å². The van der Waals surface area contributed by atoms with Gasteiger partial charge in [0.05, 0.1) is 6.42 Å². The molecule has 2 aromatic rings. The number of aryl methyl sites for hydroxylation is 2.